The van der Waals surface area contributed by atoms with Crippen LogP contribution in [0.15, 0.2) is 22.2 Å². The highest BCUT2D eigenvalue weighted by Gasteiger charge is 2.57. The fraction of sp³-hybridized carbons (Fsp3) is 0.714. The van der Waals surface area contributed by atoms with Crippen LogP contribution in [0.5, 0.6) is 0 Å². The Balaban J connectivity index is 2.39. The molecule has 40 heavy (non-hydrogen) atoms. The van der Waals surface area contributed by atoms with E-state index in [1.54, 1.807) is 27.7 Å². The average Bonchev–Trinajstić information content (AvgIpc) is 3.07. The summed E-state index contributed by atoms with van der Waals surface area (Å²) in [5, 5.41) is 16.6. The molecule has 0 aromatic carbocycles. The summed E-state index contributed by atoms with van der Waals surface area (Å²) in [6.07, 6.45) is -7.31. The van der Waals surface area contributed by atoms with Crippen molar-refractivity contribution in [2.24, 2.45) is 5.11 Å². The maximum Gasteiger partial charge on any atom is 0.351 e. The maximum absolute atomic E-state index is 15.5. The molecule has 0 bridgehead atoms. The summed E-state index contributed by atoms with van der Waals surface area (Å²) >= 11 is 5.50. The van der Waals surface area contributed by atoms with Crippen LogP contribution in [0.4, 0.5) is 10.2 Å². The first kappa shape index (κ1) is 33.5. The number of carbonyl (C=O) groups is 2. The number of esters is 2. The summed E-state index contributed by atoms with van der Waals surface area (Å²) in [6.45, 7) is 4.31. The molecule has 224 valence electrons. The zero-order valence-electron chi connectivity index (χ0n) is 22.7. The Morgan fingerprint density at radius 3 is 2.48 bits per heavy atom. The van der Waals surface area contributed by atoms with Gasteiger partial charge in [0.05, 0.1) is 18.8 Å². The van der Waals surface area contributed by atoms with Crippen molar-refractivity contribution in [1.29, 1.82) is 0 Å². The van der Waals surface area contributed by atoms with Crippen molar-refractivity contribution in [2.75, 3.05) is 12.3 Å². The quantitative estimate of drug-likeness (QED) is 0.0951. The van der Waals surface area contributed by atoms with Crippen molar-refractivity contribution in [1.82, 2.24) is 14.6 Å². The molecule has 1 unspecified atom stereocenters. The molecule has 0 spiro atoms. The van der Waals surface area contributed by atoms with Crippen LogP contribution in [0, 0.1) is 0 Å². The highest BCUT2D eigenvalue weighted by molar-refractivity contribution is 8.09. The fourth-order valence-electron chi connectivity index (χ4n) is 3.37. The number of hydrogen-bond acceptors (Lipinski definition) is 13. The SMILES string of the molecule is CC(C)OC(=O)[C@H](C)NP(=S)(OC[C@@]1(N=[N+]=[N-])O[C@@H](n2ccc(N)nc2=O)[C@H](O)[C@@H]1F)O[C@@H](C)C(=O)OC(C)C. The number of hydrogen-bond donors (Lipinski definition) is 3. The number of nitrogens with two attached hydrogens (primary N) is 1. The molecule has 4 N–H and O–H groups in total. The third-order valence-electron chi connectivity index (χ3n) is 5.17. The van der Waals surface area contributed by atoms with E-state index in [0.29, 0.717) is 0 Å². The van der Waals surface area contributed by atoms with Crippen molar-refractivity contribution in [3.05, 3.63) is 33.2 Å². The largest absolute Gasteiger partial charge is 0.462 e. The van der Waals surface area contributed by atoms with Gasteiger partial charge in [-0.05, 0) is 64.9 Å². The molecule has 19 heteroatoms. The lowest BCUT2D eigenvalue weighted by molar-refractivity contribution is -0.155. The molecule has 2 heterocycles. The second-order valence-electron chi connectivity index (χ2n) is 9.32. The van der Waals surface area contributed by atoms with Crippen LogP contribution in [0.1, 0.15) is 47.8 Å². The average molecular weight is 610 g/mol. The van der Waals surface area contributed by atoms with Crippen LogP contribution in [0.2, 0.25) is 0 Å². The summed E-state index contributed by atoms with van der Waals surface area (Å²) in [7, 11) is 0. The van der Waals surface area contributed by atoms with Gasteiger partial charge in [0.25, 0.3) is 6.64 Å². The van der Waals surface area contributed by atoms with E-state index in [4.69, 9.17) is 46.3 Å². The first-order valence-electron chi connectivity index (χ1n) is 12.1. The van der Waals surface area contributed by atoms with Gasteiger partial charge >= 0.3 is 17.6 Å². The summed E-state index contributed by atoms with van der Waals surface area (Å²) in [5.41, 5.74) is 11.1. The van der Waals surface area contributed by atoms with Crippen LogP contribution in [-0.4, -0.2) is 75.6 Å². The number of aromatic nitrogens is 2. The topological polar surface area (TPSA) is 222 Å². The van der Waals surface area contributed by atoms with Crippen molar-refractivity contribution in [2.45, 2.75) is 90.1 Å². The van der Waals surface area contributed by atoms with E-state index in [-0.39, 0.29) is 5.82 Å². The lowest BCUT2D eigenvalue weighted by Crippen LogP contribution is -2.43. The molecular formula is C21H33FN7O9PS. The second-order valence-corrected chi connectivity index (χ2v) is 12.5. The Kier molecular flexibility index (Phi) is 11.5. The molecule has 0 radical (unpaired) electrons. The standard InChI is InChI=1S/C21H33FN7O9PS/c1-10(2)35-18(31)12(5)26-39(40,38-13(6)19(32)36-11(3)4)34-9-21(27-28-24)16(22)15(30)17(37-21)29-8-7-14(23)25-20(29)33/h7-8,10-13,15-17,30H,9H2,1-6H3,(H,26,40)(H2,23,25,33)/t12-,13-,15+,16-,17+,21+,39?/m0/s1. The zero-order chi connectivity index (χ0) is 30.4. The van der Waals surface area contributed by atoms with Crippen molar-refractivity contribution >= 4 is 36.2 Å². The molecule has 7 atom stereocenters. The van der Waals surface area contributed by atoms with Crippen LogP contribution in [-0.2, 0) is 44.7 Å². The van der Waals surface area contributed by atoms with Gasteiger partial charge in [-0.25, -0.2) is 19.1 Å². The molecule has 1 aromatic rings. The molecule has 1 saturated heterocycles. The maximum atomic E-state index is 15.5. The first-order valence-corrected chi connectivity index (χ1v) is 14.7. The highest BCUT2D eigenvalue weighted by Crippen LogP contribution is 2.50. The van der Waals surface area contributed by atoms with E-state index in [0.717, 1.165) is 10.8 Å². The third kappa shape index (κ3) is 8.41. The van der Waals surface area contributed by atoms with E-state index in [1.807, 2.05) is 0 Å². The van der Waals surface area contributed by atoms with Gasteiger partial charge in [-0.15, -0.1) is 0 Å². The Hall–Kier alpha value is -2.69. The highest BCUT2D eigenvalue weighted by atomic mass is 32.5. The Bertz CT molecular complexity index is 1200. The fourth-order valence-corrected chi connectivity index (χ4v) is 6.03. The minimum Gasteiger partial charge on any atom is -0.462 e. The Labute approximate surface area is 234 Å². The monoisotopic (exact) mass is 609 g/mol. The van der Waals surface area contributed by atoms with Crippen LogP contribution in [0.25, 0.3) is 10.4 Å². The molecule has 1 aliphatic heterocycles. The number of aliphatic hydroxyl groups excluding tert-OH is 1. The summed E-state index contributed by atoms with van der Waals surface area (Å²) < 4.78 is 43.4. The van der Waals surface area contributed by atoms with Gasteiger partial charge in [-0.1, -0.05) is 5.11 Å². The zero-order valence-corrected chi connectivity index (χ0v) is 24.4. The summed E-state index contributed by atoms with van der Waals surface area (Å²) in [5.74, 6) is -1.66. The smallest absolute Gasteiger partial charge is 0.351 e. The number of nitrogens with one attached hydrogen (secondary N) is 1. The number of nitrogens with zero attached hydrogens (tertiary/aromatic N) is 5. The van der Waals surface area contributed by atoms with Crippen molar-refractivity contribution in [3.63, 3.8) is 0 Å². The van der Waals surface area contributed by atoms with E-state index in [9.17, 15) is 19.5 Å². The first-order chi connectivity index (χ1) is 18.5. The number of azide groups is 1. The number of halogens is 1. The van der Waals surface area contributed by atoms with Crippen LogP contribution < -0.4 is 16.5 Å². The van der Waals surface area contributed by atoms with Gasteiger partial charge in [-0.3, -0.25) is 9.36 Å². The molecule has 2 rings (SSSR count). The van der Waals surface area contributed by atoms with Gasteiger partial charge in [0.15, 0.2) is 18.5 Å². The summed E-state index contributed by atoms with van der Waals surface area (Å²) in [4.78, 5) is 43.2. The van der Waals surface area contributed by atoms with Crippen LogP contribution in [0.3, 0.4) is 0 Å². The number of alkyl halides is 1. The number of anilines is 1. The van der Waals surface area contributed by atoms with E-state index in [1.165, 1.54) is 19.9 Å². The van der Waals surface area contributed by atoms with Gasteiger partial charge in [0.2, 0.25) is 5.72 Å². The number of rotatable bonds is 13. The van der Waals surface area contributed by atoms with Crippen molar-refractivity contribution < 1.29 is 42.3 Å². The molecule has 1 aromatic heterocycles. The minimum atomic E-state index is -3.93. The minimum absolute atomic E-state index is 0.130. The third-order valence-corrected chi connectivity index (χ3v) is 7.82. The van der Waals surface area contributed by atoms with E-state index < -0.39 is 79.5 Å². The van der Waals surface area contributed by atoms with Crippen molar-refractivity contribution in [3.8, 4) is 0 Å². The molecule has 0 saturated carbocycles. The number of carbonyl (C=O) groups excluding carboxylic acids is 2. The molecule has 0 amide bonds. The van der Waals surface area contributed by atoms with E-state index >= 15 is 4.39 Å². The predicted octanol–water partition coefficient (Wildman–Crippen LogP) is 1.59. The molecule has 0 aliphatic carbocycles. The molecular weight excluding hydrogens is 576 g/mol. The van der Waals surface area contributed by atoms with E-state index in [2.05, 4.69) is 20.1 Å². The van der Waals surface area contributed by atoms with Gasteiger partial charge in [-0.2, -0.15) is 4.98 Å². The molecule has 16 nitrogen and oxygen atoms in total. The number of ether oxygens (including phenoxy) is 3. The second kappa shape index (κ2) is 13.8. The number of aliphatic hydroxyl groups is 1. The Morgan fingerprint density at radius 2 is 1.93 bits per heavy atom. The van der Waals surface area contributed by atoms with Gasteiger partial charge in [0.1, 0.15) is 18.0 Å². The Morgan fingerprint density at radius 1 is 1.32 bits per heavy atom. The molecule has 1 fully saturated rings. The van der Waals surface area contributed by atoms with Crippen LogP contribution >= 0.6 is 6.64 Å². The summed E-state index contributed by atoms with van der Waals surface area (Å²) in [6, 6.07) is 0.0853. The lowest BCUT2D eigenvalue weighted by Gasteiger charge is -2.32. The van der Waals surface area contributed by atoms with Gasteiger partial charge in [0, 0.05) is 11.1 Å². The molecule has 1 aliphatic rings. The number of nitrogen functional groups attached to an aromatic ring is 1. The normalized spacial score (nSPS) is 25.6. The lowest BCUT2D eigenvalue weighted by atomic mass is 10.1. The van der Waals surface area contributed by atoms with Gasteiger partial charge < -0.3 is 34.1 Å². The predicted molar refractivity (Wildman–Crippen MR) is 142 cm³/mol.